The summed E-state index contributed by atoms with van der Waals surface area (Å²) in [5.41, 5.74) is 1.28. The predicted octanol–water partition coefficient (Wildman–Crippen LogP) is 2.21. The summed E-state index contributed by atoms with van der Waals surface area (Å²) in [5.74, 6) is 0. The van der Waals surface area contributed by atoms with Gasteiger partial charge < -0.3 is 10.6 Å². The molecule has 0 spiro atoms. The van der Waals surface area contributed by atoms with Crippen LogP contribution in [0.15, 0.2) is 36.9 Å². The van der Waals surface area contributed by atoms with Gasteiger partial charge in [0.25, 0.3) is 0 Å². The van der Waals surface area contributed by atoms with E-state index in [1.54, 1.807) is 24.3 Å². The van der Waals surface area contributed by atoms with Crippen LogP contribution in [-0.2, 0) is 16.6 Å². The Morgan fingerprint density at radius 3 is 2.73 bits per heavy atom. The second-order valence-corrected chi connectivity index (χ2v) is 6.78. The third-order valence-electron chi connectivity index (χ3n) is 2.96. The van der Waals surface area contributed by atoms with E-state index in [1.807, 2.05) is 13.0 Å². The van der Waals surface area contributed by atoms with Crippen LogP contribution < -0.4 is 15.4 Å². The minimum absolute atomic E-state index is 0.0655. The lowest BCUT2D eigenvalue weighted by molar-refractivity contribution is 0.236. The summed E-state index contributed by atoms with van der Waals surface area (Å²) in [6, 6.07) is 6.69. The molecule has 7 heteroatoms. The summed E-state index contributed by atoms with van der Waals surface area (Å²) in [7, 11) is -3.31. The lowest BCUT2D eigenvalue weighted by Crippen LogP contribution is -2.41. The van der Waals surface area contributed by atoms with Crippen molar-refractivity contribution in [3.05, 3.63) is 42.5 Å². The molecule has 0 saturated heterocycles. The molecule has 0 aliphatic carbocycles. The summed E-state index contributed by atoms with van der Waals surface area (Å²) in [5, 5.41) is 5.61. The quantitative estimate of drug-likeness (QED) is 0.640. The van der Waals surface area contributed by atoms with E-state index >= 15 is 0 Å². The average molecular weight is 325 g/mol. The van der Waals surface area contributed by atoms with Gasteiger partial charge in [0.15, 0.2) is 0 Å². The minimum Gasteiger partial charge on any atom is -0.335 e. The van der Waals surface area contributed by atoms with Crippen molar-refractivity contribution in [2.75, 3.05) is 11.0 Å². The number of hydrogen-bond donors (Lipinski definition) is 3. The van der Waals surface area contributed by atoms with E-state index in [-0.39, 0.29) is 12.1 Å². The van der Waals surface area contributed by atoms with Gasteiger partial charge in [-0.3, -0.25) is 4.72 Å². The second kappa shape index (κ2) is 8.43. The van der Waals surface area contributed by atoms with E-state index in [1.165, 1.54) is 0 Å². The fourth-order valence-corrected chi connectivity index (χ4v) is 2.46. The Balaban J connectivity index is 2.55. The van der Waals surface area contributed by atoms with Crippen LogP contribution in [0.4, 0.5) is 10.5 Å². The van der Waals surface area contributed by atoms with Crippen molar-refractivity contribution in [3.63, 3.8) is 0 Å². The highest BCUT2D eigenvalue weighted by Gasteiger charge is 2.08. The van der Waals surface area contributed by atoms with E-state index in [0.29, 0.717) is 12.2 Å². The molecule has 0 heterocycles. The summed E-state index contributed by atoms with van der Waals surface area (Å²) >= 11 is 0. The molecule has 0 fully saturated rings. The number of urea groups is 1. The van der Waals surface area contributed by atoms with Crippen LogP contribution in [0.1, 0.15) is 25.3 Å². The number of rotatable bonds is 8. The molecule has 1 rings (SSSR count). The van der Waals surface area contributed by atoms with Crippen molar-refractivity contribution >= 4 is 21.7 Å². The predicted molar refractivity (Wildman–Crippen MR) is 89.2 cm³/mol. The smallest absolute Gasteiger partial charge is 0.315 e. The van der Waals surface area contributed by atoms with Gasteiger partial charge in [-0.1, -0.05) is 25.1 Å². The van der Waals surface area contributed by atoms with E-state index in [0.717, 1.165) is 24.7 Å². The largest absolute Gasteiger partial charge is 0.335 e. The zero-order chi connectivity index (χ0) is 16.6. The number of anilines is 1. The molecule has 0 saturated carbocycles. The number of nitrogens with one attached hydrogen (secondary N) is 3. The van der Waals surface area contributed by atoms with E-state index in [4.69, 9.17) is 0 Å². The van der Waals surface area contributed by atoms with Crippen molar-refractivity contribution in [1.29, 1.82) is 0 Å². The van der Waals surface area contributed by atoms with Crippen molar-refractivity contribution < 1.29 is 13.2 Å². The van der Waals surface area contributed by atoms with Crippen molar-refractivity contribution in [2.24, 2.45) is 0 Å². The molecule has 1 atom stereocenters. The van der Waals surface area contributed by atoms with Crippen molar-refractivity contribution in [1.82, 2.24) is 10.6 Å². The molecule has 1 aromatic carbocycles. The van der Waals surface area contributed by atoms with E-state index < -0.39 is 10.0 Å². The van der Waals surface area contributed by atoms with Crippen LogP contribution in [-0.4, -0.2) is 26.7 Å². The third kappa shape index (κ3) is 7.12. The molecule has 0 aromatic heterocycles. The summed E-state index contributed by atoms with van der Waals surface area (Å²) in [4.78, 5) is 11.8. The summed E-state index contributed by atoms with van der Waals surface area (Å²) in [6.07, 6.45) is 4.41. The molecule has 122 valence electrons. The molecule has 22 heavy (non-hydrogen) atoms. The van der Waals surface area contributed by atoms with Gasteiger partial charge in [-0.15, -0.1) is 6.58 Å². The van der Waals surface area contributed by atoms with Gasteiger partial charge in [0, 0.05) is 18.3 Å². The van der Waals surface area contributed by atoms with Crippen LogP contribution in [0, 0.1) is 0 Å². The molecule has 0 bridgehead atoms. The molecule has 0 aliphatic rings. The van der Waals surface area contributed by atoms with Gasteiger partial charge in [-0.25, -0.2) is 13.2 Å². The van der Waals surface area contributed by atoms with Gasteiger partial charge >= 0.3 is 6.03 Å². The molecular weight excluding hydrogens is 302 g/mol. The minimum atomic E-state index is -3.31. The fourth-order valence-electron chi connectivity index (χ4n) is 1.91. The Morgan fingerprint density at radius 1 is 1.41 bits per heavy atom. The molecule has 1 unspecified atom stereocenters. The zero-order valence-corrected chi connectivity index (χ0v) is 13.7. The lowest BCUT2D eigenvalue weighted by Gasteiger charge is -2.16. The maximum Gasteiger partial charge on any atom is 0.315 e. The standard InChI is InChI=1S/C15H23N3O3S/c1-4-7-13(5-2)17-15(19)16-11-12-8-6-9-14(10-12)18-22(3,20)21/h4,6,8-10,13,18H,1,5,7,11H2,2-3H3,(H2,16,17,19). The highest BCUT2D eigenvalue weighted by atomic mass is 32.2. The highest BCUT2D eigenvalue weighted by molar-refractivity contribution is 7.92. The first-order valence-electron chi connectivity index (χ1n) is 7.06. The zero-order valence-electron chi connectivity index (χ0n) is 12.9. The normalized spacial score (nSPS) is 12.3. The molecule has 6 nitrogen and oxygen atoms in total. The number of amides is 2. The first kappa shape index (κ1) is 18.0. The monoisotopic (exact) mass is 325 g/mol. The summed E-state index contributed by atoms with van der Waals surface area (Å²) < 4.78 is 24.8. The molecule has 3 N–H and O–H groups in total. The molecular formula is C15H23N3O3S. The fraction of sp³-hybridized carbons (Fsp3) is 0.400. The van der Waals surface area contributed by atoms with E-state index in [2.05, 4.69) is 21.9 Å². The summed E-state index contributed by atoms with van der Waals surface area (Å²) in [6.45, 7) is 5.97. The topological polar surface area (TPSA) is 87.3 Å². The average Bonchev–Trinajstić information content (AvgIpc) is 2.43. The lowest BCUT2D eigenvalue weighted by atomic mass is 10.1. The third-order valence-corrected chi connectivity index (χ3v) is 3.57. The SMILES string of the molecule is C=CCC(CC)NC(=O)NCc1cccc(NS(C)(=O)=O)c1. The number of carbonyl (C=O) groups excluding carboxylic acids is 1. The Bertz CT molecular complexity index is 614. The van der Waals surface area contributed by atoms with Gasteiger partial charge in [0.05, 0.1) is 6.26 Å². The number of benzene rings is 1. The van der Waals surface area contributed by atoms with Crippen LogP contribution >= 0.6 is 0 Å². The maximum absolute atomic E-state index is 11.8. The highest BCUT2D eigenvalue weighted by Crippen LogP contribution is 2.11. The number of carbonyl (C=O) groups is 1. The molecule has 0 aliphatic heterocycles. The molecule has 0 radical (unpaired) electrons. The molecule has 1 aromatic rings. The Morgan fingerprint density at radius 2 is 2.14 bits per heavy atom. The van der Waals surface area contributed by atoms with Crippen LogP contribution in [0.3, 0.4) is 0 Å². The van der Waals surface area contributed by atoms with Gasteiger partial charge in [-0.2, -0.15) is 0 Å². The van der Waals surface area contributed by atoms with Crippen LogP contribution in [0.5, 0.6) is 0 Å². The number of sulfonamides is 1. The van der Waals surface area contributed by atoms with Crippen LogP contribution in [0.2, 0.25) is 0 Å². The first-order chi connectivity index (χ1) is 10.3. The van der Waals surface area contributed by atoms with Gasteiger partial charge in [0.2, 0.25) is 10.0 Å². The Labute approximate surface area is 132 Å². The first-order valence-corrected chi connectivity index (χ1v) is 8.95. The number of hydrogen-bond acceptors (Lipinski definition) is 3. The Kier molecular flexibility index (Phi) is 6.91. The van der Waals surface area contributed by atoms with Crippen molar-refractivity contribution in [3.8, 4) is 0 Å². The van der Waals surface area contributed by atoms with Crippen molar-refractivity contribution in [2.45, 2.75) is 32.4 Å². The molecule has 2 amide bonds. The van der Waals surface area contributed by atoms with Gasteiger partial charge in [-0.05, 0) is 30.5 Å². The maximum atomic E-state index is 11.8. The van der Waals surface area contributed by atoms with E-state index in [9.17, 15) is 13.2 Å². The Hall–Kier alpha value is -2.02. The van der Waals surface area contributed by atoms with Crippen LogP contribution in [0.25, 0.3) is 0 Å². The second-order valence-electron chi connectivity index (χ2n) is 5.03. The van der Waals surface area contributed by atoms with Gasteiger partial charge in [0.1, 0.15) is 0 Å².